The number of ether oxygens (including phenoxy) is 1. The van der Waals surface area contributed by atoms with Gasteiger partial charge in [0, 0.05) is 35.3 Å². The first-order chi connectivity index (χ1) is 21.0. The minimum absolute atomic E-state index is 0.0223. The van der Waals surface area contributed by atoms with Gasteiger partial charge in [-0.15, -0.1) is 0 Å². The van der Waals surface area contributed by atoms with Crippen LogP contribution in [0.3, 0.4) is 0 Å². The highest BCUT2D eigenvalue weighted by Gasteiger charge is 2.42. The molecule has 2 N–H and O–H groups in total. The van der Waals surface area contributed by atoms with Crippen molar-refractivity contribution in [1.82, 2.24) is 10.3 Å². The Morgan fingerprint density at radius 2 is 1.79 bits per heavy atom. The number of carbonyl (C=O) groups is 1. The van der Waals surface area contributed by atoms with E-state index in [0.29, 0.717) is 33.6 Å². The van der Waals surface area contributed by atoms with E-state index < -0.39 is 11.0 Å². The number of pyridine rings is 1. The molecular formula is C32H25N5O5S. The van der Waals surface area contributed by atoms with Gasteiger partial charge < -0.3 is 24.7 Å². The molecule has 1 aliphatic rings. The molecule has 0 bridgehead atoms. The standard InChI is InChI=1S/C32H25N5O5S/c38-29(20-41-25-9-2-1-3-10-25)34-22-12-14-23(15-13-22)36-31(30(35-32(36)43)26-11-4-5-18-33-26)28-17-16-27(42-28)21-7-6-8-24(19-21)37(39)40/h1-19,30-31H,20H2,(H,34,38)(H,35,43). The topological polar surface area (TPSA) is 123 Å². The lowest BCUT2D eigenvalue weighted by Crippen LogP contribution is -2.29. The molecule has 11 heteroatoms. The highest BCUT2D eigenvalue weighted by molar-refractivity contribution is 7.80. The van der Waals surface area contributed by atoms with Gasteiger partial charge in [-0.3, -0.25) is 19.9 Å². The number of nitrogens with zero attached hydrogens (tertiary/aromatic N) is 3. The fourth-order valence-electron chi connectivity index (χ4n) is 4.93. The number of nitrogens with one attached hydrogen (secondary N) is 2. The first-order valence-electron chi connectivity index (χ1n) is 13.4. The Kier molecular flexibility index (Phi) is 7.79. The average molecular weight is 592 g/mol. The van der Waals surface area contributed by atoms with Crippen molar-refractivity contribution in [1.29, 1.82) is 0 Å². The number of anilines is 2. The Hall–Kier alpha value is -5.55. The monoisotopic (exact) mass is 591 g/mol. The number of amides is 1. The van der Waals surface area contributed by atoms with Gasteiger partial charge in [-0.25, -0.2) is 0 Å². The van der Waals surface area contributed by atoms with E-state index in [9.17, 15) is 14.9 Å². The van der Waals surface area contributed by atoms with E-state index in [1.54, 1.807) is 48.7 Å². The maximum Gasteiger partial charge on any atom is 0.270 e. The third-order valence-electron chi connectivity index (χ3n) is 6.90. The molecule has 5 aromatic rings. The summed E-state index contributed by atoms with van der Waals surface area (Å²) in [6.45, 7) is -0.120. The Bertz CT molecular complexity index is 1760. The quantitative estimate of drug-likeness (QED) is 0.113. The second-order valence-electron chi connectivity index (χ2n) is 9.70. The van der Waals surface area contributed by atoms with Crippen LogP contribution in [0.2, 0.25) is 0 Å². The van der Waals surface area contributed by atoms with Gasteiger partial charge in [0.2, 0.25) is 0 Å². The van der Waals surface area contributed by atoms with Gasteiger partial charge in [-0.2, -0.15) is 0 Å². The van der Waals surface area contributed by atoms with E-state index in [-0.39, 0.29) is 24.2 Å². The second kappa shape index (κ2) is 12.1. The number of nitro benzene ring substituents is 1. The Morgan fingerprint density at radius 3 is 2.53 bits per heavy atom. The van der Waals surface area contributed by atoms with Crippen molar-refractivity contribution in [3.05, 3.63) is 137 Å². The Labute approximate surface area is 252 Å². The summed E-state index contributed by atoms with van der Waals surface area (Å²) in [5.41, 5.74) is 2.71. The number of thiocarbonyl (C=S) groups is 1. The largest absolute Gasteiger partial charge is 0.484 e. The molecule has 10 nitrogen and oxygen atoms in total. The number of rotatable bonds is 9. The first kappa shape index (κ1) is 27.6. The molecule has 6 rings (SSSR count). The number of furan rings is 1. The molecule has 214 valence electrons. The molecule has 1 amide bonds. The highest BCUT2D eigenvalue weighted by Crippen LogP contribution is 2.43. The van der Waals surface area contributed by atoms with Crippen molar-refractivity contribution in [2.75, 3.05) is 16.8 Å². The molecular weight excluding hydrogens is 566 g/mol. The van der Waals surface area contributed by atoms with Gasteiger partial charge in [0.05, 0.1) is 16.7 Å². The van der Waals surface area contributed by atoms with Crippen LogP contribution in [0.5, 0.6) is 5.75 Å². The van der Waals surface area contributed by atoms with E-state index in [4.69, 9.17) is 21.4 Å². The zero-order chi connectivity index (χ0) is 29.8. The summed E-state index contributed by atoms with van der Waals surface area (Å²) in [6, 6.07) is 31.3. The summed E-state index contributed by atoms with van der Waals surface area (Å²) >= 11 is 5.79. The van der Waals surface area contributed by atoms with Gasteiger partial charge in [-0.1, -0.05) is 36.4 Å². The number of non-ortho nitro benzene ring substituents is 1. The van der Waals surface area contributed by atoms with Gasteiger partial charge in [0.15, 0.2) is 11.7 Å². The molecule has 0 aliphatic carbocycles. The molecule has 43 heavy (non-hydrogen) atoms. The fraction of sp³-hybridized carbons (Fsp3) is 0.0938. The lowest BCUT2D eigenvalue weighted by Gasteiger charge is -2.26. The van der Waals surface area contributed by atoms with Crippen molar-refractivity contribution in [2.45, 2.75) is 12.1 Å². The summed E-state index contributed by atoms with van der Waals surface area (Å²) in [5, 5.41) is 18.0. The normalized spacial score (nSPS) is 16.0. The number of hydrogen-bond donors (Lipinski definition) is 2. The van der Waals surface area contributed by atoms with Crippen LogP contribution in [-0.2, 0) is 4.79 Å². The van der Waals surface area contributed by atoms with Crippen molar-refractivity contribution in [2.24, 2.45) is 0 Å². The van der Waals surface area contributed by atoms with Crippen LogP contribution >= 0.6 is 12.2 Å². The highest BCUT2D eigenvalue weighted by atomic mass is 32.1. The maximum absolute atomic E-state index is 12.5. The van der Waals surface area contributed by atoms with E-state index in [1.807, 2.05) is 59.5 Å². The van der Waals surface area contributed by atoms with Crippen LogP contribution in [0.15, 0.2) is 120 Å². The van der Waals surface area contributed by atoms with E-state index in [1.165, 1.54) is 12.1 Å². The smallest absolute Gasteiger partial charge is 0.270 e. The first-order valence-corrected chi connectivity index (χ1v) is 13.8. The molecule has 0 radical (unpaired) electrons. The number of para-hydroxylation sites is 1. The molecule has 1 saturated heterocycles. The number of aromatic nitrogens is 1. The molecule has 3 heterocycles. The van der Waals surface area contributed by atoms with Crippen LogP contribution in [0.4, 0.5) is 17.1 Å². The molecule has 3 aromatic carbocycles. The molecule has 1 fully saturated rings. The van der Waals surface area contributed by atoms with Crippen LogP contribution < -0.4 is 20.3 Å². The van der Waals surface area contributed by atoms with Crippen molar-refractivity contribution in [3.8, 4) is 17.1 Å². The molecule has 2 atom stereocenters. The van der Waals surface area contributed by atoms with E-state index in [0.717, 1.165) is 11.4 Å². The van der Waals surface area contributed by atoms with Gasteiger partial charge in [0.1, 0.15) is 23.3 Å². The minimum atomic E-state index is -0.437. The molecule has 1 aliphatic heterocycles. The number of benzene rings is 3. The van der Waals surface area contributed by atoms with Crippen molar-refractivity contribution < 1.29 is 18.9 Å². The van der Waals surface area contributed by atoms with Gasteiger partial charge in [0.25, 0.3) is 11.6 Å². The van der Waals surface area contributed by atoms with Crippen LogP contribution in [-0.4, -0.2) is 27.5 Å². The lowest BCUT2D eigenvalue weighted by molar-refractivity contribution is -0.384. The zero-order valence-corrected chi connectivity index (χ0v) is 23.4. The Morgan fingerprint density at radius 1 is 1.00 bits per heavy atom. The van der Waals surface area contributed by atoms with Crippen molar-refractivity contribution >= 4 is 40.3 Å². The number of hydrogen-bond acceptors (Lipinski definition) is 7. The summed E-state index contributed by atoms with van der Waals surface area (Å²) in [7, 11) is 0. The second-order valence-corrected chi connectivity index (χ2v) is 10.1. The predicted octanol–water partition coefficient (Wildman–Crippen LogP) is 6.44. The van der Waals surface area contributed by atoms with E-state index in [2.05, 4.69) is 15.6 Å². The number of nitro groups is 1. The molecule has 2 aromatic heterocycles. The average Bonchev–Trinajstić information content (AvgIpc) is 3.66. The van der Waals surface area contributed by atoms with Gasteiger partial charge in [-0.05, 0) is 72.9 Å². The predicted molar refractivity (Wildman–Crippen MR) is 166 cm³/mol. The number of carbonyl (C=O) groups excluding carboxylic acids is 1. The van der Waals surface area contributed by atoms with Crippen LogP contribution in [0, 0.1) is 10.1 Å². The van der Waals surface area contributed by atoms with Gasteiger partial charge >= 0.3 is 0 Å². The summed E-state index contributed by atoms with van der Waals surface area (Å²) in [6.07, 6.45) is 1.72. The minimum Gasteiger partial charge on any atom is -0.484 e. The Balaban J connectivity index is 1.26. The van der Waals surface area contributed by atoms with Crippen LogP contribution in [0.1, 0.15) is 23.5 Å². The van der Waals surface area contributed by atoms with Crippen LogP contribution in [0.25, 0.3) is 11.3 Å². The third kappa shape index (κ3) is 6.07. The van der Waals surface area contributed by atoms with E-state index >= 15 is 0 Å². The third-order valence-corrected chi connectivity index (χ3v) is 7.21. The molecule has 2 unspecified atom stereocenters. The summed E-state index contributed by atoms with van der Waals surface area (Å²) in [4.78, 5) is 29.8. The summed E-state index contributed by atoms with van der Waals surface area (Å²) in [5.74, 6) is 1.42. The van der Waals surface area contributed by atoms with Crippen molar-refractivity contribution in [3.63, 3.8) is 0 Å². The summed E-state index contributed by atoms with van der Waals surface area (Å²) < 4.78 is 11.9. The maximum atomic E-state index is 12.5. The molecule has 0 saturated carbocycles. The zero-order valence-electron chi connectivity index (χ0n) is 22.6. The molecule has 0 spiro atoms. The lowest BCUT2D eigenvalue weighted by atomic mass is 10.0. The SMILES string of the molecule is O=C(COc1ccccc1)Nc1ccc(N2C(=S)NC(c3ccccn3)C2c2ccc(-c3cccc([N+](=O)[O-])c3)o2)cc1. The fourth-order valence-corrected chi connectivity index (χ4v) is 5.28.